The summed E-state index contributed by atoms with van der Waals surface area (Å²) in [6, 6.07) is 4.67. The highest BCUT2D eigenvalue weighted by atomic mass is 79.9. The highest BCUT2D eigenvalue weighted by molar-refractivity contribution is 9.10. The minimum Gasteiger partial charge on any atom is -0.355 e. The lowest BCUT2D eigenvalue weighted by molar-refractivity contribution is -0.123. The van der Waals surface area contributed by atoms with Gasteiger partial charge in [0.15, 0.2) is 0 Å². The first-order chi connectivity index (χ1) is 12.5. The number of hydrogen-bond acceptors (Lipinski definition) is 3. The van der Waals surface area contributed by atoms with Crippen LogP contribution in [0, 0.1) is 5.82 Å². The van der Waals surface area contributed by atoms with Gasteiger partial charge in [0.25, 0.3) is 0 Å². The first kappa shape index (κ1) is 20.6. The zero-order valence-corrected chi connectivity index (χ0v) is 16.5. The van der Waals surface area contributed by atoms with E-state index < -0.39 is 0 Å². The maximum Gasteiger partial charge on any atom is 0.244 e. The molecule has 0 aromatic heterocycles. The Labute approximate surface area is 162 Å². The minimum absolute atomic E-state index is 0.0494. The molecule has 2 N–H and O–H groups in total. The fourth-order valence-electron chi connectivity index (χ4n) is 2.82. The van der Waals surface area contributed by atoms with E-state index in [0.29, 0.717) is 18.7 Å². The van der Waals surface area contributed by atoms with Gasteiger partial charge in [0.05, 0.1) is 6.54 Å². The summed E-state index contributed by atoms with van der Waals surface area (Å²) < 4.78 is 14.4. The van der Waals surface area contributed by atoms with E-state index in [1.807, 2.05) is 6.92 Å². The first-order valence-electron chi connectivity index (χ1n) is 8.90. The predicted octanol–water partition coefficient (Wildman–Crippen LogP) is 2.71. The second kappa shape index (κ2) is 10.4. The standard InChI is InChI=1S/C19H25BrFN3O2/c1-2-9-22-19(26)13-24-10-7-16(8-11-24)23-18(25)6-3-14-12-15(20)4-5-17(14)21/h3-6,12,16H,2,7-11,13H2,1H3,(H,22,26)(H,23,25)/b6-3+. The van der Waals surface area contributed by atoms with Crippen LogP contribution in [0.1, 0.15) is 31.7 Å². The van der Waals surface area contributed by atoms with Crippen molar-refractivity contribution >= 4 is 33.8 Å². The van der Waals surface area contributed by atoms with Crippen LogP contribution in [-0.2, 0) is 9.59 Å². The summed E-state index contributed by atoms with van der Waals surface area (Å²) in [5.41, 5.74) is 0.363. The van der Waals surface area contributed by atoms with Crippen LogP contribution in [0.5, 0.6) is 0 Å². The van der Waals surface area contributed by atoms with Gasteiger partial charge in [0.1, 0.15) is 5.82 Å². The SMILES string of the molecule is CCCNC(=O)CN1CCC(NC(=O)/C=C/c2cc(Br)ccc2F)CC1. The van der Waals surface area contributed by atoms with Crippen molar-refractivity contribution in [1.29, 1.82) is 0 Å². The van der Waals surface area contributed by atoms with Crippen molar-refractivity contribution in [2.45, 2.75) is 32.2 Å². The normalized spacial score (nSPS) is 16.0. The fraction of sp³-hybridized carbons (Fsp3) is 0.474. The molecule has 0 saturated carbocycles. The smallest absolute Gasteiger partial charge is 0.244 e. The zero-order valence-electron chi connectivity index (χ0n) is 14.9. The van der Waals surface area contributed by atoms with Crippen LogP contribution in [0.2, 0.25) is 0 Å². The van der Waals surface area contributed by atoms with E-state index in [9.17, 15) is 14.0 Å². The Morgan fingerprint density at radius 2 is 2.08 bits per heavy atom. The lowest BCUT2D eigenvalue weighted by atomic mass is 10.0. The summed E-state index contributed by atoms with van der Waals surface area (Å²) in [5, 5.41) is 5.81. The average molecular weight is 426 g/mol. The molecule has 0 atom stereocenters. The number of likely N-dealkylation sites (tertiary alicyclic amines) is 1. The van der Waals surface area contributed by atoms with Crippen molar-refractivity contribution in [3.63, 3.8) is 0 Å². The highest BCUT2D eigenvalue weighted by Gasteiger charge is 2.21. The molecule has 7 heteroatoms. The second-order valence-electron chi connectivity index (χ2n) is 6.41. The maximum absolute atomic E-state index is 13.7. The molecule has 26 heavy (non-hydrogen) atoms. The van der Waals surface area contributed by atoms with Gasteiger partial charge in [-0.15, -0.1) is 0 Å². The Hall–Kier alpha value is -1.73. The molecule has 1 aromatic carbocycles. The van der Waals surface area contributed by atoms with Gasteiger partial charge in [-0.25, -0.2) is 4.39 Å². The van der Waals surface area contributed by atoms with Gasteiger partial charge < -0.3 is 10.6 Å². The monoisotopic (exact) mass is 425 g/mol. The topological polar surface area (TPSA) is 61.4 Å². The van der Waals surface area contributed by atoms with Crippen molar-refractivity contribution in [3.8, 4) is 0 Å². The van der Waals surface area contributed by atoms with Gasteiger partial charge in [-0.05, 0) is 43.5 Å². The molecule has 1 heterocycles. The molecule has 0 bridgehead atoms. The summed E-state index contributed by atoms with van der Waals surface area (Å²) >= 11 is 3.29. The summed E-state index contributed by atoms with van der Waals surface area (Å²) in [7, 11) is 0. The molecule has 1 saturated heterocycles. The first-order valence-corrected chi connectivity index (χ1v) is 9.70. The van der Waals surface area contributed by atoms with E-state index in [1.54, 1.807) is 12.1 Å². The predicted molar refractivity (Wildman–Crippen MR) is 104 cm³/mol. The van der Waals surface area contributed by atoms with E-state index in [1.165, 1.54) is 18.2 Å². The number of rotatable bonds is 7. The summed E-state index contributed by atoms with van der Waals surface area (Å²) in [4.78, 5) is 25.9. The van der Waals surface area contributed by atoms with Crippen LogP contribution in [0.25, 0.3) is 6.08 Å². The van der Waals surface area contributed by atoms with Gasteiger partial charge >= 0.3 is 0 Å². The molecule has 1 aromatic rings. The number of amides is 2. The second-order valence-corrected chi connectivity index (χ2v) is 7.32. The maximum atomic E-state index is 13.7. The average Bonchev–Trinajstić information content (AvgIpc) is 2.62. The third-order valence-electron chi connectivity index (χ3n) is 4.25. The molecule has 1 aliphatic rings. The Bertz CT molecular complexity index is 658. The molecular weight excluding hydrogens is 401 g/mol. The van der Waals surface area contributed by atoms with E-state index in [-0.39, 0.29) is 23.7 Å². The Balaban J connectivity index is 1.75. The Morgan fingerprint density at radius 1 is 1.35 bits per heavy atom. The molecule has 142 valence electrons. The van der Waals surface area contributed by atoms with E-state index >= 15 is 0 Å². The van der Waals surface area contributed by atoms with Gasteiger partial charge in [0, 0.05) is 41.8 Å². The molecule has 0 radical (unpaired) electrons. The number of carbonyl (C=O) groups is 2. The molecule has 0 unspecified atom stereocenters. The third-order valence-corrected chi connectivity index (χ3v) is 4.74. The van der Waals surface area contributed by atoms with E-state index in [4.69, 9.17) is 0 Å². The van der Waals surface area contributed by atoms with Crippen molar-refractivity contribution in [3.05, 3.63) is 40.1 Å². The van der Waals surface area contributed by atoms with Crippen LogP contribution in [0.15, 0.2) is 28.7 Å². The van der Waals surface area contributed by atoms with E-state index in [0.717, 1.165) is 36.8 Å². The summed E-state index contributed by atoms with van der Waals surface area (Å²) in [6.45, 7) is 4.68. The number of carbonyl (C=O) groups excluding carboxylic acids is 2. The van der Waals surface area contributed by atoms with Gasteiger partial charge in [-0.3, -0.25) is 14.5 Å². The van der Waals surface area contributed by atoms with Crippen LogP contribution >= 0.6 is 15.9 Å². The molecule has 1 aliphatic heterocycles. The molecule has 1 fully saturated rings. The number of hydrogen-bond donors (Lipinski definition) is 2. The van der Waals surface area contributed by atoms with Crippen LogP contribution in [0.3, 0.4) is 0 Å². The van der Waals surface area contributed by atoms with Crippen molar-refractivity contribution in [2.75, 3.05) is 26.2 Å². The quantitative estimate of drug-likeness (QED) is 0.660. The van der Waals surface area contributed by atoms with Crippen molar-refractivity contribution < 1.29 is 14.0 Å². The highest BCUT2D eigenvalue weighted by Crippen LogP contribution is 2.17. The van der Waals surface area contributed by atoms with Crippen LogP contribution < -0.4 is 10.6 Å². The number of nitrogens with one attached hydrogen (secondary N) is 2. The van der Waals surface area contributed by atoms with Gasteiger partial charge in [-0.1, -0.05) is 22.9 Å². The Kier molecular flexibility index (Phi) is 8.25. The van der Waals surface area contributed by atoms with Crippen molar-refractivity contribution in [2.24, 2.45) is 0 Å². The van der Waals surface area contributed by atoms with Gasteiger partial charge in [-0.2, -0.15) is 0 Å². The number of piperidine rings is 1. The molecular formula is C19H25BrFN3O2. The fourth-order valence-corrected chi connectivity index (χ4v) is 3.19. The van der Waals surface area contributed by atoms with Crippen molar-refractivity contribution in [1.82, 2.24) is 15.5 Å². The lowest BCUT2D eigenvalue weighted by Crippen LogP contribution is -2.47. The third kappa shape index (κ3) is 6.88. The van der Waals surface area contributed by atoms with Crippen LogP contribution in [0.4, 0.5) is 4.39 Å². The molecule has 2 rings (SSSR count). The number of halogens is 2. The number of nitrogens with zero attached hydrogens (tertiary/aromatic N) is 1. The van der Waals surface area contributed by atoms with Crippen LogP contribution in [-0.4, -0.2) is 48.9 Å². The Morgan fingerprint density at radius 3 is 2.77 bits per heavy atom. The molecule has 0 aliphatic carbocycles. The van der Waals surface area contributed by atoms with Gasteiger partial charge in [0.2, 0.25) is 11.8 Å². The van der Waals surface area contributed by atoms with E-state index in [2.05, 4.69) is 31.5 Å². The zero-order chi connectivity index (χ0) is 18.9. The molecule has 5 nitrogen and oxygen atoms in total. The molecule has 2 amide bonds. The lowest BCUT2D eigenvalue weighted by Gasteiger charge is -2.31. The summed E-state index contributed by atoms with van der Waals surface area (Å²) in [6.07, 6.45) is 5.35. The summed E-state index contributed by atoms with van der Waals surface area (Å²) in [5.74, 6) is -0.552. The minimum atomic E-state index is -0.369. The number of benzene rings is 1. The largest absolute Gasteiger partial charge is 0.355 e. The molecule has 0 spiro atoms.